The molecule has 0 radical (unpaired) electrons. The maximum atomic E-state index is 11.6. The summed E-state index contributed by atoms with van der Waals surface area (Å²) in [6.07, 6.45) is 6.75. The van der Waals surface area contributed by atoms with Gasteiger partial charge < -0.3 is 5.11 Å². The van der Waals surface area contributed by atoms with Crippen LogP contribution in [0.5, 0.6) is 0 Å². The Labute approximate surface area is 104 Å². The summed E-state index contributed by atoms with van der Waals surface area (Å²) in [4.78, 5) is 11.6. The SMILES string of the molecule is CC(C)C(C(=O)O)C1C2CC3CC(C2)CC1C3. The van der Waals surface area contributed by atoms with E-state index < -0.39 is 5.97 Å². The highest BCUT2D eigenvalue weighted by Gasteiger charge is 2.52. The first kappa shape index (κ1) is 11.6. The summed E-state index contributed by atoms with van der Waals surface area (Å²) >= 11 is 0. The van der Waals surface area contributed by atoms with Crippen molar-refractivity contribution in [1.29, 1.82) is 0 Å². The molecular weight excluding hydrogens is 212 g/mol. The van der Waals surface area contributed by atoms with Crippen LogP contribution in [0, 0.1) is 41.4 Å². The van der Waals surface area contributed by atoms with Crippen molar-refractivity contribution in [3.8, 4) is 0 Å². The molecule has 4 saturated carbocycles. The molecule has 1 atom stereocenters. The minimum absolute atomic E-state index is 0.0926. The zero-order valence-corrected chi connectivity index (χ0v) is 10.9. The predicted molar refractivity (Wildman–Crippen MR) is 66.5 cm³/mol. The Hall–Kier alpha value is -0.530. The lowest BCUT2D eigenvalue weighted by Gasteiger charge is -2.56. The molecule has 2 nitrogen and oxygen atoms in total. The Morgan fingerprint density at radius 3 is 1.82 bits per heavy atom. The van der Waals surface area contributed by atoms with Gasteiger partial charge in [-0.25, -0.2) is 0 Å². The molecule has 4 bridgehead atoms. The van der Waals surface area contributed by atoms with Crippen molar-refractivity contribution < 1.29 is 9.90 Å². The van der Waals surface area contributed by atoms with Crippen LogP contribution in [0.3, 0.4) is 0 Å². The quantitative estimate of drug-likeness (QED) is 0.815. The van der Waals surface area contributed by atoms with Crippen molar-refractivity contribution >= 4 is 5.97 Å². The molecule has 4 fully saturated rings. The zero-order chi connectivity index (χ0) is 12.2. The van der Waals surface area contributed by atoms with E-state index in [1.165, 1.54) is 32.1 Å². The van der Waals surface area contributed by atoms with E-state index in [0.717, 1.165) is 23.7 Å². The molecule has 0 saturated heterocycles. The van der Waals surface area contributed by atoms with E-state index in [1.807, 2.05) is 0 Å². The number of carboxylic acid groups (broad SMARTS) is 1. The smallest absolute Gasteiger partial charge is 0.307 e. The minimum atomic E-state index is -0.544. The summed E-state index contributed by atoms with van der Waals surface area (Å²) in [5.41, 5.74) is 0. The molecule has 0 heterocycles. The van der Waals surface area contributed by atoms with Crippen molar-refractivity contribution in [2.75, 3.05) is 0 Å². The van der Waals surface area contributed by atoms with E-state index in [2.05, 4.69) is 13.8 Å². The van der Waals surface area contributed by atoms with Crippen LogP contribution in [0.1, 0.15) is 46.0 Å². The molecule has 0 amide bonds. The number of hydrogen-bond acceptors (Lipinski definition) is 1. The normalized spacial score (nSPS) is 45.2. The second-order valence-electron chi connectivity index (χ2n) is 7.12. The lowest BCUT2D eigenvalue weighted by molar-refractivity contribution is -0.154. The Morgan fingerprint density at radius 2 is 1.47 bits per heavy atom. The number of aliphatic carboxylic acids is 1. The molecular formula is C15H24O2. The van der Waals surface area contributed by atoms with E-state index in [4.69, 9.17) is 0 Å². The van der Waals surface area contributed by atoms with Gasteiger partial charge >= 0.3 is 5.97 Å². The Bertz CT molecular complexity index is 293. The van der Waals surface area contributed by atoms with Gasteiger partial charge in [-0.2, -0.15) is 0 Å². The molecule has 4 aliphatic rings. The lowest BCUT2D eigenvalue weighted by atomic mass is 9.49. The first-order valence-corrected chi connectivity index (χ1v) is 7.29. The molecule has 0 aromatic heterocycles. The fraction of sp³-hybridized carbons (Fsp3) is 0.933. The molecule has 1 N–H and O–H groups in total. The van der Waals surface area contributed by atoms with E-state index in [9.17, 15) is 9.90 Å². The van der Waals surface area contributed by atoms with Gasteiger partial charge in [0.1, 0.15) is 0 Å². The summed E-state index contributed by atoms with van der Waals surface area (Å²) in [5.74, 6) is 3.48. The Balaban J connectivity index is 1.85. The van der Waals surface area contributed by atoms with Crippen LogP contribution in [-0.4, -0.2) is 11.1 Å². The molecule has 4 aliphatic carbocycles. The van der Waals surface area contributed by atoms with Crippen molar-refractivity contribution in [3.05, 3.63) is 0 Å². The second-order valence-corrected chi connectivity index (χ2v) is 7.12. The van der Waals surface area contributed by atoms with Crippen LogP contribution in [0.25, 0.3) is 0 Å². The molecule has 17 heavy (non-hydrogen) atoms. The second kappa shape index (κ2) is 4.00. The largest absolute Gasteiger partial charge is 0.481 e. The molecule has 4 rings (SSSR count). The predicted octanol–water partition coefficient (Wildman–Crippen LogP) is 3.42. The number of rotatable bonds is 3. The standard InChI is InChI=1S/C15H24O2/c1-8(2)13(15(16)17)14-11-4-9-3-10(6-11)7-12(14)5-9/h8-14H,3-7H2,1-2H3,(H,16,17). The van der Waals surface area contributed by atoms with Crippen LogP contribution in [0.4, 0.5) is 0 Å². The van der Waals surface area contributed by atoms with Crippen molar-refractivity contribution in [3.63, 3.8) is 0 Å². The van der Waals surface area contributed by atoms with Crippen LogP contribution >= 0.6 is 0 Å². The summed E-state index contributed by atoms with van der Waals surface area (Å²) in [7, 11) is 0. The van der Waals surface area contributed by atoms with Gasteiger partial charge in [-0.3, -0.25) is 4.79 Å². The highest BCUT2D eigenvalue weighted by atomic mass is 16.4. The first-order chi connectivity index (χ1) is 8.06. The lowest BCUT2D eigenvalue weighted by Crippen LogP contribution is -2.50. The van der Waals surface area contributed by atoms with Crippen LogP contribution in [0.15, 0.2) is 0 Å². The fourth-order valence-electron chi connectivity index (χ4n) is 5.45. The number of hydrogen-bond donors (Lipinski definition) is 1. The molecule has 0 aromatic carbocycles. The summed E-state index contributed by atoms with van der Waals surface area (Å²) in [6.45, 7) is 4.17. The van der Waals surface area contributed by atoms with Crippen molar-refractivity contribution in [1.82, 2.24) is 0 Å². The van der Waals surface area contributed by atoms with Gasteiger partial charge in [0.05, 0.1) is 5.92 Å². The monoisotopic (exact) mass is 236 g/mol. The van der Waals surface area contributed by atoms with Crippen LogP contribution in [0.2, 0.25) is 0 Å². The molecule has 0 aromatic rings. The number of carbonyl (C=O) groups is 1. The molecule has 2 heteroatoms. The van der Waals surface area contributed by atoms with E-state index in [1.54, 1.807) is 0 Å². The van der Waals surface area contributed by atoms with Gasteiger partial charge in [0, 0.05) is 0 Å². The van der Waals surface area contributed by atoms with Gasteiger partial charge in [-0.15, -0.1) is 0 Å². The van der Waals surface area contributed by atoms with Gasteiger partial charge in [0.15, 0.2) is 0 Å². The van der Waals surface area contributed by atoms with E-state index in [0.29, 0.717) is 5.92 Å². The third-order valence-corrected chi connectivity index (χ3v) is 5.72. The first-order valence-electron chi connectivity index (χ1n) is 7.29. The van der Waals surface area contributed by atoms with E-state index >= 15 is 0 Å². The summed E-state index contributed by atoms with van der Waals surface area (Å²) < 4.78 is 0. The third kappa shape index (κ3) is 1.80. The summed E-state index contributed by atoms with van der Waals surface area (Å²) in [5, 5.41) is 9.53. The third-order valence-electron chi connectivity index (χ3n) is 5.72. The van der Waals surface area contributed by atoms with Crippen molar-refractivity contribution in [2.24, 2.45) is 41.4 Å². The van der Waals surface area contributed by atoms with Gasteiger partial charge in [-0.05, 0) is 67.6 Å². The average Bonchev–Trinajstić information content (AvgIpc) is 2.20. The number of carboxylic acids is 1. The van der Waals surface area contributed by atoms with E-state index in [-0.39, 0.29) is 11.8 Å². The van der Waals surface area contributed by atoms with Gasteiger partial charge in [0.2, 0.25) is 0 Å². The summed E-state index contributed by atoms with van der Waals surface area (Å²) in [6, 6.07) is 0. The molecule has 0 aliphatic heterocycles. The maximum absolute atomic E-state index is 11.6. The highest BCUT2D eigenvalue weighted by molar-refractivity contribution is 5.70. The van der Waals surface area contributed by atoms with Gasteiger partial charge in [-0.1, -0.05) is 13.8 Å². The fourth-order valence-corrected chi connectivity index (χ4v) is 5.45. The van der Waals surface area contributed by atoms with Crippen molar-refractivity contribution in [2.45, 2.75) is 46.0 Å². The Morgan fingerprint density at radius 1 is 1.00 bits per heavy atom. The Kier molecular flexibility index (Phi) is 2.72. The maximum Gasteiger partial charge on any atom is 0.307 e. The van der Waals surface area contributed by atoms with Crippen LogP contribution < -0.4 is 0 Å². The highest BCUT2D eigenvalue weighted by Crippen LogP contribution is 2.59. The molecule has 96 valence electrons. The van der Waals surface area contributed by atoms with Crippen LogP contribution in [-0.2, 0) is 4.79 Å². The minimum Gasteiger partial charge on any atom is -0.481 e. The topological polar surface area (TPSA) is 37.3 Å². The average molecular weight is 236 g/mol. The van der Waals surface area contributed by atoms with Gasteiger partial charge in [0.25, 0.3) is 0 Å². The molecule has 0 spiro atoms. The zero-order valence-electron chi connectivity index (χ0n) is 10.9. The molecule has 1 unspecified atom stereocenters.